The van der Waals surface area contributed by atoms with Gasteiger partial charge < -0.3 is 15.3 Å². The minimum absolute atomic E-state index is 0.575. The van der Waals surface area contributed by atoms with Crippen molar-refractivity contribution in [2.24, 2.45) is 0 Å². The predicted molar refractivity (Wildman–Crippen MR) is 72.6 cm³/mol. The fourth-order valence-corrected chi connectivity index (χ4v) is 1.67. The molecule has 2 N–H and O–H groups in total. The number of hydrogen-bond acceptors (Lipinski definition) is 4. The Morgan fingerprint density at radius 1 is 1.41 bits per heavy atom. The van der Waals surface area contributed by atoms with Gasteiger partial charge in [0.1, 0.15) is 0 Å². The van der Waals surface area contributed by atoms with E-state index in [9.17, 15) is 5.11 Å². The lowest BCUT2D eigenvalue weighted by atomic mass is 10.1. The highest BCUT2D eigenvalue weighted by molar-refractivity contribution is 5.55. The van der Waals surface area contributed by atoms with Gasteiger partial charge in [-0.25, -0.2) is 0 Å². The Morgan fingerprint density at radius 3 is 2.71 bits per heavy atom. The zero-order chi connectivity index (χ0) is 12.9. The maximum Gasteiger partial charge on any atom is 0.0765 e. The van der Waals surface area contributed by atoms with Crippen LogP contribution in [0.4, 0.5) is 11.4 Å². The van der Waals surface area contributed by atoms with Crippen LogP contribution in [0.15, 0.2) is 18.5 Å². The minimum atomic E-state index is -0.707. The SMILES string of the molecule is CCCNc1cncc(N(C)CC(C)(C)O)c1. The molecular formula is C13H23N3O. The van der Waals surface area contributed by atoms with E-state index in [0.717, 1.165) is 24.3 Å². The van der Waals surface area contributed by atoms with Gasteiger partial charge in [0.25, 0.3) is 0 Å². The molecule has 1 rings (SSSR count). The molecule has 0 aliphatic rings. The Hall–Kier alpha value is -1.29. The summed E-state index contributed by atoms with van der Waals surface area (Å²) in [6.07, 6.45) is 4.71. The molecule has 0 aromatic carbocycles. The molecule has 0 saturated heterocycles. The second kappa shape index (κ2) is 5.87. The van der Waals surface area contributed by atoms with Gasteiger partial charge in [-0.2, -0.15) is 0 Å². The van der Waals surface area contributed by atoms with Gasteiger partial charge in [0, 0.05) is 20.1 Å². The van der Waals surface area contributed by atoms with E-state index in [1.54, 1.807) is 13.8 Å². The van der Waals surface area contributed by atoms with E-state index in [-0.39, 0.29) is 0 Å². The Labute approximate surface area is 104 Å². The Morgan fingerprint density at radius 2 is 2.12 bits per heavy atom. The van der Waals surface area contributed by atoms with Gasteiger partial charge in [0.15, 0.2) is 0 Å². The highest BCUT2D eigenvalue weighted by Crippen LogP contribution is 2.18. The number of rotatable bonds is 6. The van der Waals surface area contributed by atoms with Crippen LogP contribution in [0.3, 0.4) is 0 Å². The molecule has 96 valence electrons. The summed E-state index contributed by atoms with van der Waals surface area (Å²) in [5.74, 6) is 0. The summed E-state index contributed by atoms with van der Waals surface area (Å²) in [5, 5.41) is 13.1. The molecule has 0 fully saturated rings. The third kappa shape index (κ3) is 5.04. The number of nitrogens with one attached hydrogen (secondary N) is 1. The van der Waals surface area contributed by atoms with Crippen molar-refractivity contribution >= 4 is 11.4 Å². The van der Waals surface area contributed by atoms with Gasteiger partial charge >= 0.3 is 0 Å². The van der Waals surface area contributed by atoms with Crippen LogP contribution in [0.5, 0.6) is 0 Å². The van der Waals surface area contributed by atoms with Crippen molar-refractivity contribution in [3.63, 3.8) is 0 Å². The Kier molecular flexibility index (Phi) is 4.75. The molecule has 0 aliphatic heterocycles. The molecule has 0 atom stereocenters. The van der Waals surface area contributed by atoms with Crippen LogP contribution in [0.1, 0.15) is 27.2 Å². The summed E-state index contributed by atoms with van der Waals surface area (Å²) >= 11 is 0. The van der Waals surface area contributed by atoms with Crippen LogP contribution in [0.2, 0.25) is 0 Å². The van der Waals surface area contributed by atoms with Crippen LogP contribution >= 0.6 is 0 Å². The van der Waals surface area contributed by atoms with Crippen molar-refractivity contribution in [2.45, 2.75) is 32.8 Å². The molecule has 4 heteroatoms. The first-order chi connectivity index (χ1) is 7.92. The van der Waals surface area contributed by atoms with Crippen LogP contribution in [-0.4, -0.2) is 35.8 Å². The zero-order valence-corrected chi connectivity index (χ0v) is 11.2. The van der Waals surface area contributed by atoms with Crippen molar-refractivity contribution in [3.05, 3.63) is 18.5 Å². The van der Waals surface area contributed by atoms with Crippen molar-refractivity contribution in [1.82, 2.24) is 4.98 Å². The van der Waals surface area contributed by atoms with E-state index >= 15 is 0 Å². The molecule has 0 unspecified atom stereocenters. The highest BCUT2D eigenvalue weighted by Gasteiger charge is 2.16. The Balaban J connectivity index is 2.70. The molecular weight excluding hydrogens is 214 g/mol. The molecule has 0 bridgehead atoms. The molecule has 0 saturated carbocycles. The van der Waals surface area contributed by atoms with E-state index in [1.165, 1.54) is 0 Å². The summed E-state index contributed by atoms with van der Waals surface area (Å²) in [4.78, 5) is 6.21. The number of nitrogens with zero attached hydrogens (tertiary/aromatic N) is 2. The monoisotopic (exact) mass is 237 g/mol. The summed E-state index contributed by atoms with van der Waals surface area (Å²) in [6, 6.07) is 2.05. The summed E-state index contributed by atoms with van der Waals surface area (Å²) < 4.78 is 0. The van der Waals surface area contributed by atoms with E-state index in [4.69, 9.17) is 0 Å². The number of likely N-dealkylation sites (N-methyl/N-ethyl adjacent to an activating group) is 1. The topological polar surface area (TPSA) is 48.4 Å². The fourth-order valence-electron chi connectivity index (χ4n) is 1.67. The molecule has 0 spiro atoms. The molecule has 1 heterocycles. The van der Waals surface area contributed by atoms with E-state index in [0.29, 0.717) is 6.54 Å². The molecule has 4 nitrogen and oxygen atoms in total. The molecule has 0 radical (unpaired) electrons. The summed E-state index contributed by atoms with van der Waals surface area (Å²) in [6.45, 7) is 7.25. The third-order valence-corrected chi connectivity index (χ3v) is 2.37. The lowest BCUT2D eigenvalue weighted by Gasteiger charge is -2.27. The smallest absolute Gasteiger partial charge is 0.0765 e. The van der Waals surface area contributed by atoms with Gasteiger partial charge in [-0.3, -0.25) is 4.98 Å². The summed E-state index contributed by atoms with van der Waals surface area (Å²) in [5.41, 5.74) is 1.32. The average molecular weight is 237 g/mol. The van der Waals surface area contributed by atoms with Crippen LogP contribution in [0.25, 0.3) is 0 Å². The van der Waals surface area contributed by atoms with Crippen molar-refractivity contribution in [3.8, 4) is 0 Å². The normalized spacial score (nSPS) is 11.4. The second-order valence-electron chi connectivity index (χ2n) is 5.03. The number of anilines is 2. The van der Waals surface area contributed by atoms with Gasteiger partial charge in [-0.1, -0.05) is 6.92 Å². The number of hydrogen-bond donors (Lipinski definition) is 2. The van der Waals surface area contributed by atoms with Crippen molar-refractivity contribution in [1.29, 1.82) is 0 Å². The maximum atomic E-state index is 9.78. The van der Waals surface area contributed by atoms with E-state index < -0.39 is 5.60 Å². The lowest BCUT2D eigenvalue weighted by molar-refractivity contribution is 0.0886. The van der Waals surface area contributed by atoms with E-state index in [1.807, 2.05) is 24.3 Å². The van der Waals surface area contributed by atoms with Gasteiger partial charge in [0.05, 0.1) is 29.4 Å². The predicted octanol–water partition coefficient (Wildman–Crippen LogP) is 2.11. The largest absolute Gasteiger partial charge is 0.389 e. The minimum Gasteiger partial charge on any atom is -0.389 e. The molecule has 1 aromatic rings. The quantitative estimate of drug-likeness (QED) is 0.795. The van der Waals surface area contributed by atoms with Crippen molar-refractivity contribution < 1.29 is 5.11 Å². The van der Waals surface area contributed by atoms with Gasteiger partial charge in [-0.15, -0.1) is 0 Å². The number of aliphatic hydroxyl groups is 1. The second-order valence-corrected chi connectivity index (χ2v) is 5.03. The highest BCUT2D eigenvalue weighted by atomic mass is 16.3. The van der Waals surface area contributed by atoms with Gasteiger partial charge in [0.2, 0.25) is 0 Å². The first-order valence-electron chi connectivity index (χ1n) is 6.05. The Bertz CT molecular complexity index is 347. The average Bonchev–Trinajstić information content (AvgIpc) is 2.24. The zero-order valence-electron chi connectivity index (χ0n) is 11.2. The first-order valence-corrected chi connectivity index (χ1v) is 6.05. The van der Waals surface area contributed by atoms with Crippen LogP contribution in [0, 0.1) is 0 Å². The number of aromatic nitrogens is 1. The number of pyridine rings is 1. The molecule has 0 aliphatic carbocycles. The lowest BCUT2D eigenvalue weighted by Crippen LogP contribution is -2.36. The molecule has 0 amide bonds. The molecule has 17 heavy (non-hydrogen) atoms. The maximum absolute atomic E-state index is 9.78. The summed E-state index contributed by atoms with van der Waals surface area (Å²) in [7, 11) is 1.96. The fraction of sp³-hybridized carbons (Fsp3) is 0.615. The van der Waals surface area contributed by atoms with E-state index in [2.05, 4.69) is 23.3 Å². The standard InChI is InChI=1S/C13H23N3O/c1-5-6-15-11-7-12(9-14-8-11)16(4)10-13(2,3)17/h7-9,15,17H,5-6,10H2,1-4H3. The third-order valence-electron chi connectivity index (χ3n) is 2.37. The first kappa shape index (κ1) is 13.8. The van der Waals surface area contributed by atoms with Crippen LogP contribution < -0.4 is 10.2 Å². The molecule has 1 aromatic heterocycles. The van der Waals surface area contributed by atoms with Gasteiger partial charge in [-0.05, 0) is 26.3 Å². The van der Waals surface area contributed by atoms with Crippen molar-refractivity contribution in [2.75, 3.05) is 30.4 Å². The van der Waals surface area contributed by atoms with Crippen LogP contribution in [-0.2, 0) is 0 Å².